The van der Waals surface area contributed by atoms with Gasteiger partial charge in [0, 0.05) is 0 Å². The van der Waals surface area contributed by atoms with Crippen molar-refractivity contribution < 1.29 is 44.9 Å². The Hall–Kier alpha value is -0.190. The largest absolute Gasteiger partial charge is 0.523 e. The molecule has 0 aliphatic carbocycles. The summed E-state index contributed by atoms with van der Waals surface area (Å²) in [6, 6.07) is 0. The lowest BCUT2D eigenvalue weighted by Crippen LogP contribution is -2.33. The summed E-state index contributed by atoms with van der Waals surface area (Å²) >= 11 is 0. The van der Waals surface area contributed by atoms with Crippen molar-refractivity contribution in [3.8, 4) is 0 Å². The van der Waals surface area contributed by atoms with E-state index in [1.54, 1.807) is 0 Å². The first kappa shape index (κ1) is 19.8. The van der Waals surface area contributed by atoms with Crippen LogP contribution in [0.4, 0.5) is 13.2 Å². The van der Waals surface area contributed by atoms with E-state index in [1.807, 2.05) is 0 Å². The van der Waals surface area contributed by atoms with Crippen molar-refractivity contribution >= 4 is 17.7 Å². The van der Waals surface area contributed by atoms with E-state index >= 15 is 0 Å². The number of alkyl halides is 3. The van der Waals surface area contributed by atoms with Crippen LogP contribution in [0.2, 0.25) is 0 Å². The van der Waals surface area contributed by atoms with E-state index in [0.29, 0.717) is 0 Å². The molecule has 20 heavy (non-hydrogen) atoms. The van der Waals surface area contributed by atoms with Crippen molar-refractivity contribution in [1.29, 1.82) is 0 Å². The smallest absolute Gasteiger partial charge is 0.360 e. The summed E-state index contributed by atoms with van der Waals surface area (Å²) in [5.74, 6) is 0. The molecule has 0 aromatic heterocycles. The van der Waals surface area contributed by atoms with E-state index in [-0.39, 0.29) is 12.8 Å². The maximum absolute atomic E-state index is 11.9. The second-order valence-electron chi connectivity index (χ2n) is 3.77. The van der Waals surface area contributed by atoms with Crippen molar-refractivity contribution in [1.82, 2.24) is 0 Å². The fourth-order valence-corrected chi connectivity index (χ4v) is 2.90. The fraction of sp³-hybridized carbons (Fsp3) is 1.00. The highest BCUT2D eigenvalue weighted by Crippen LogP contribution is 2.55. The van der Waals surface area contributed by atoms with Gasteiger partial charge < -0.3 is 14.5 Å². The molecular weight excluding hydrogens is 328 g/mol. The number of halogens is 3. The molecule has 122 valence electrons. The molecule has 0 bridgehead atoms. The van der Waals surface area contributed by atoms with Crippen LogP contribution in [-0.2, 0) is 23.6 Å². The number of hydrogen-bond donors (Lipinski definition) is 2. The molecule has 0 radical (unpaired) electrons. The van der Waals surface area contributed by atoms with Gasteiger partial charge >= 0.3 is 23.2 Å². The van der Waals surface area contributed by atoms with E-state index in [9.17, 15) is 26.2 Å². The molecule has 2 N–H and O–H groups in total. The first-order chi connectivity index (χ1) is 8.83. The molecule has 0 aliphatic heterocycles. The first-order valence-electron chi connectivity index (χ1n) is 5.48. The van der Waals surface area contributed by atoms with E-state index in [1.165, 1.54) is 13.8 Å². The summed E-state index contributed by atoms with van der Waals surface area (Å²) in [4.78, 5) is 18.3. The summed E-state index contributed by atoms with van der Waals surface area (Å²) in [5.41, 5.74) is -5.55. The molecule has 0 aliphatic rings. The summed E-state index contributed by atoms with van der Waals surface area (Å²) in [5, 5.41) is -1.86. The van der Waals surface area contributed by atoms with Crippen LogP contribution < -0.4 is 0 Å². The van der Waals surface area contributed by atoms with Gasteiger partial charge in [-0.15, -0.1) is 0 Å². The average molecular weight is 344 g/mol. The summed E-state index contributed by atoms with van der Waals surface area (Å²) in [7, 11) is -10.4. The number of rotatable bonds is 8. The van der Waals surface area contributed by atoms with Crippen molar-refractivity contribution in [3.63, 3.8) is 0 Å². The first-order valence-corrected chi connectivity index (χ1v) is 8.50. The molecule has 0 aromatic rings. The fourth-order valence-electron chi connectivity index (χ4n) is 1.39. The Bertz CT molecular complexity index is 451. The third-order valence-corrected chi connectivity index (χ3v) is 5.48. The molecule has 0 saturated carbocycles. The van der Waals surface area contributed by atoms with Crippen LogP contribution in [0.15, 0.2) is 0 Å². The second kappa shape index (κ2) is 6.71. The van der Waals surface area contributed by atoms with Gasteiger partial charge in [0.05, 0.1) is 13.2 Å². The molecule has 0 atom stereocenters. The zero-order valence-corrected chi connectivity index (χ0v) is 12.5. The molecule has 0 spiro atoms. The summed E-state index contributed by atoms with van der Waals surface area (Å²) in [6.07, 6.45) is -0.195. The summed E-state index contributed by atoms with van der Waals surface area (Å²) in [6.45, 7) is 1.15. The average Bonchev–Trinajstić information content (AvgIpc) is 2.26. The van der Waals surface area contributed by atoms with Crippen LogP contribution >= 0.6 is 7.60 Å². The van der Waals surface area contributed by atoms with Crippen LogP contribution in [0.25, 0.3) is 0 Å². The van der Waals surface area contributed by atoms with Crippen molar-refractivity contribution in [2.45, 2.75) is 37.5 Å². The SMILES string of the molecule is CCC(CC)(OCCOS(=O)(=O)C(F)(F)F)P(=O)(O)O. The van der Waals surface area contributed by atoms with Gasteiger partial charge in [0.2, 0.25) is 0 Å². The normalized spacial score (nSPS) is 14.6. The molecule has 0 saturated heterocycles. The number of ether oxygens (including phenoxy) is 1. The van der Waals surface area contributed by atoms with Gasteiger partial charge in [-0.2, -0.15) is 21.6 Å². The van der Waals surface area contributed by atoms with Gasteiger partial charge in [-0.1, -0.05) is 13.8 Å². The topological polar surface area (TPSA) is 110 Å². The van der Waals surface area contributed by atoms with E-state index in [2.05, 4.69) is 4.18 Å². The van der Waals surface area contributed by atoms with E-state index < -0.39 is 41.8 Å². The molecule has 0 unspecified atom stereocenters. The van der Waals surface area contributed by atoms with Gasteiger partial charge in [0.25, 0.3) is 0 Å². The zero-order valence-electron chi connectivity index (χ0n) is 10.8. The second-order valence-corrected chi connectivity index (χ2v) is 7.28. The molecule has 0 fully saturated rings. The lowest BCUT2D eigenvalue weighted by atomic mass is 10.2. The molecule has 7 nitrogen and oxygen atoms in total. The van der Waals surface area contributed by atoms with Gasteiger partial charge in [0.15, 0.2) is 5.34 Å². The quantitative estimate of drug-likeness (QED) is 0.298. The summed E-state index contributed by atoms with van der Waals surface area (Å²) < 4.78 is 76.8. The van der Waals surface area contributed by atoms with Crippen molar-refractivity contribution in [2.75, 3.05) is 13.2 Å². The Kier molecular flexibility index (Phi) is 6.65. The minimum Gasteiger partial charge on any atom is -0.360 e. The maximum atomic E-state index is 11.9. The van der Waals surface area contributed by atoms with E-state index in [0.717, 1.165) is 0 Å². The lowest BCUT2D eigenvalue weighted by Gasteiger charge is -2.32. The van der Waals surface area contributed by atoms with Gasteiger partial charge in [-0.3, -0.25) is 8.75 Å². The standard InChI is InChI=1S/C8H16F3O7PS/c1-3-7(4-2,19(12,13)14)17-5-6-18-20(15,16)8(9,10)11/h3-6H2,1-2H3,(H2,12,13,14). The highest BCUT2D eigenvalue weighted by Gasteiger charge is 2.48. The molecule has 0 aromatic carbocycles. The molecule has 0 heterocycles. The predicted molar refractivity (Wildman–Crippen MR) is 62.2 cm³/mol. The van der Waals surface area contributed by atoms with Crippen LogP contribution in [0.5, 0.6) is 0 Å². The van der Waals surface area contributed by atoms with Crippen LogP contribution in [0, 0.1) is 0 Å². The minimum absolute atomic E-state index is 0.0974. The number of hydrogen-bond acceptors (Lipinski definition) is 5. The zero-order chi connectivity index (χ0) is 16.2. The third kappa shape index (κ3) is 4.68. The maximum Gasteiger partial charge on any atom is 0.523 e. The van der Waals surface area contributed by atoms with Gasteiger partial charge in [-0.25, -0.2) is 0 Å². The van der Waals surface area contributed by atoms with Crippen LogP contribution in [-0.4, -0.2) is 42.3 Å². The highest BCUT2D eigenvalue weighted by atomic mass is 32.2. The molecule has 0 rings (SSSR count). The van der Waals surface area contributed by atoms with Crippen LogP contribution in [0.1, 0.15) is 26.7 Å². The van der Waals surface area contributed by atoms with Gasteiger partial charge in [-0.05, 0) is 12.8 Å². The van der Waals surface area contributed by atoms with E-state index in [4.69, 9.17) is 14.5 Å². The molecular formula is C8H16F3O7PS. The monoisotopic (exact) mass is 344 g/mol. The Morgan fingerprint density at radius 3 is 1.85 bits per heavy atom. The predicted octanol–water partition coefficient (Wildman–Crippen LogP) is 1.56. The molecule has 0 amide bonds. The Morgan fingerprint density at radius 2 is 1.55 bits per heavy atom. The lowest BCUT2D eigenvalue weighted by molar-refractivity contribution is -0.0592. The Labute approximate surface area is 114 Å². The van der Waals surface area contributed by atoms with Crippen molar-refractivity contribution in [3.05, 3.63) is 0 Å². The van der Waals surface area contributed by atoms with Gasteiger partial charge in [0.1, 0.15) is 0 Å². The Morgan fingerprint density at radius 1 is 1.10 bits per heavy atom. The third-order valence-electron chi connectivity index (χ3n) is 2.61. The Balaban J connectivity index is 4.62. The minimum atomic E-state index is -5.74. The van der Waals surface area contributed by atoms with Crippen LogP contribution in [0.3, 0.4) is 0 Å². The highest BCUT2D eigenvalue weighted by molar-refractivity contribution is 7.87. The molecule has 12 heteroatoms. The van der Waals surface area contributed by atoms with Crippen molar-refractivity contribution in [2.24, 2.45) is 0 Å².